The maximum Gasteiger partial charge on any atom is 0.263 e. The Hall–Kier alpha value is -1.89. The van der Waals surface area contributed by atoms with Gasteiger partial charge in [0.25, 0.3) is 5.56 Å². The van der Waals surface area contributed by atoms with E-state index in [-0.39, 0.29) is 5.56 Å². The van der Waals surface area contributed by atoms with E-state index in [0.29, 0.717) is 18.5 Å². The van der Waals surface area contributed by atoms with Gasteiger partial charge in [0.1, 0.15) is 4.83 Å². The largest absolute Gasteiger partial charge is 0.385 e. The second-order valence-corrected chi connectivity index (χ2v) is 7.58. The van der Waals surface area contributed by atoms with Crippen molar-refractivity contribution < 1.29 is 4.74 Å². The molecule has 2 aromatic heterocycles. The molecule has 0 aliphatic carbocycles. The Kier molecular flexibility index (Phi) is 6.07. The van der Waals surface area contributed by atoms with Crippen LogP contribution in [0.2, 0.25) is 0 Å². The number of hydrogen-bond acceptors (Lipinski definition) is 5. The lowest BCUT2D eigenvalue weighted by atomic mass is 10.2. The number of hydrogen-bond donors (Lipinski definition) is 0. The van der Waals surface area contributed by atoms with Gasteiger partial charge >= 0.3 is 0 Å². The zero-order chi connectivity index (χ0) is 17.6. The molecule has 0 aliphatic rings. The highest BCUT2D eigenvalue weighted by atomic mass is 32.2. The Labute approximate surface area is 155 Å². The van der Waals surface area contributed by atoms with Crippen molar-refractivity contribution in [3.63, 3.8) is 0 Å². The maximum absolute atomic E-state index is 12.9. The molecule has 1 aromatic carbocycles. The van der Waals surface area contributed by atoms with E-state index in [1.165, 1.54) is 0 Å². The molecule has 0 bridgehead atoms. The molecular weight excluding hydrogens is 352 g/mol. The van der Waals surface area contributed by atoms with Gasteiger partial charge in [0.2, 0.25) is 0 Å². The Morgan fingerprint density at radius 3 is 2.88 bits per heavy atom. The second kappa shape index (κ2) is 8.47. The van der Waals surface area contributed by atoms with E-state index in [4.69, 9.17) is 9.72 Å². The van der Waals surface area contributed by atoms with Crippen molar-refractivity contribution in [3.8, 4) is 10.4 Å². The first kappa shape index (κ1) is 17.9. The summed E-state index contributed by atoms with van der Waals surface area (Å²) in [4.78, 5) is 19.5. The van der Waals surface area contributed by atoms with E-state index in [0.717, 1.165) is 32.6 Å². The molecule has 0 N–H and O–H groups in total. The quantitative estimate of drug-likeness (QED) is 0.254. The topological polar surface area (TPSA) is 44.1 Å². The molecule has 6 heteroatoms. The highest BCUT2D eigenvalue weighted by molar-refractivity contribution is 7.99. The fourth-order valence-corrected chi connectivity index (χ4v) is 4.51. The number of thiophene rings is 1. The predicted molar refractivity (Wildman–Crippen MR) is 107 cm³/mol. The van der Waals surface area contributed by atoms with Crippen LogP contribution in [0.5, 0.6) is 0 Å². The Balaban J connectivity index is 2.02. The molecule has 25 heavy (non-hydrogen) atoms. The fraction of sp³-hybridized carbons (Fsp3) is 0.263. The third-order valence-corrected chi connectivity index (χ3v) is 5.85. The third-order valence-electron chi connectivity index (χ3n) is 3.71. The summed E-state index contributed by atoms with van der Waals surface area (Å²) >= 11 is 3.15. The van der Waals surface area contributed by atoms with Crippen molar-refractivity contribution in [2.24, 2.45) is 0 Å². The van der Waals surface area contributed by atoms with E-state index in [2.05, 4.69) is 6.58 Å². The average Bonchev–Trinajstić information content (AvgIpc) is 3.07. The minimum Gasteiger partial charge on any atom is -0.385 e. The molecule has 4 nitrogen and oxygen atoms in total. The number of aromatic nitrogens is 2. The van der Waals surface area contributed by atoms with Crippen LogP contribution in [0.4, 0.5) is 0 Å². The molecule has 0 radical (unpaired) electrons. The first-order chi connectivity index (χ1) is 12.2. The number of allylic oxidation sites excluding steroid dienone is 1. The summed E-state index contributed by atoms with van der Waals surface area (Å²) < 4.78 is 6.79. The van der Waals surface area contributed by atoms with Crippen molar-refractivity contribution in [2.45, 2.75) is 18.1 Å². The van der Waals surface area contributed by atoms with E-state index >= 15 is 0 Å². The zero-order valence-corrected chi connectivity index (χ0v) is 15.7. The number of ether oxygens (including phenoxy) is 1. The van der Waals surface area contributed by atoms with Gasteiger partial charge in [0.15, 0.2) is 5.16 Å². The number of rotatable bonds is 8. The molecule has 0 unspecified atom stereocenters. The van der Waals surface area contributed by atoms with Crippen molar-refractivity contribution >= 4 is 33.3 Å². The Bertz CT molecular complexity index is 916. The van der Waals surface area contributed by atoms with E-state index < -0.39 is 0 Å². The number of benzene rings is 1. The van der Waals surface area contributed by atoms with Crippen molar-refractivity contribution in [2.75, 3.05) is 19.5 Å². The Morgan fingerprint density at radius 2 is 2.16 bits per heavy atom. The molecule has 0 saturated heterocycles. The lowest BCUT2D eigenvalue weighted by Crippen LogP contribution is -2.22. The molecule has 130 valence electrons. The second-order valence-electron chi connectivity index (χ2n) is 5.49. The summed E-state index contributed by atoms with van der Waals surface area (Å²) in [5.74, 6) is 0.861. The molecule has 3 aromatic rings. The summed E-state index contributed by atoms with van der Waals surface area (Å²) in [7, 11) is 1.69. The zero-order valence-electron chi connectivity index (χ0n) is 14.1. The molecule has 0 amide bonds. The number of nitrogens with zero attached hydrogens (tertiary/aromatic N) is 2. The number of fused-ring (bicyclic) bond motifs is 1. The van der Waals surface area contributed by atoms with Gasteiger partial charge in [-0.05, 0) is 18.1 Å². The summed E-state index contributed by atoms with van der Waals surface area (Å²) in [6, 6.07) is 12.0. The highest BCUT2D eigenvalue weighted by Crippen LogP contribution is 2.32. The van der Waals surface area contributed by atoms with Crippen LogP contribution in [-0.2, 0) is 11.3 Å². The molecule has 0 aliphatic heterocycles. The van der Waals surface area contributed by atoms with Gasteiger partial charge in [-0.3, -0.25) is 9.36 Å². The molecule has 0 atom stereocenters. The van der Waals surface area contributed by atoms with E-state index in [1.807, 2.05) is 36.4 Å². The molecular formula is C19H20N2O2S2. The van der Waals surface area contributed by atoms with Crippen molar-refractivity contribution in [3.05, 3.63) is 59.4 Å². The molecule has 0 fully saturated rings. The summed E-state index contributed by atoms with van der Waals surface area (Å²) in [5.41, 5.74) is 1.10. The Morgan fingerprint density at radius 1 is 1.36 bits per heavy atom. The van der Waals surface area contributed by atoms with Gasteiger partial charge in [-0.25, -0.2) is 4.98 Å². The summed E-state index contributed by atoms with van der Waals surface area (Å²) in [6.07, 6.45) is 2.65. The van der Waals surface area contributed by atoms with Crippen LogP contribution in [0.3, 0.4) is 0 Å². The van der Waals surface area contributed by atoms with Crippen molar-refractivity contribution in [1.29, 1.82) is 0 Å². The third kappa shape index (κ3) is 4.03. The van der Waals surface area contributed by atoms with Gasteiger partial charge in [-0.2, -0.15) is 0 Å². The van der Waals surface area contributed by atoms with Crippen LogP contribution in [-0.4, -0.2) is 29.0 Å². The van der Waals surface area contributed by atoms with E-state index in [9.17, 15) is 4.79 Å². The maximum atomic E-state index is 12.9. The van der Waals surface area contributed by atoms with Gasteiger partial charge < -0.3 is 4.74 Å². The van der Waals surface area contributed by atoms with Gasteiger partial charge in [0, 0.05) is 30.9 Å². The van der Waals surface area contributed by atoms with Crippen molar-refractivity contribution in [1.82, 2.24) is 9.55 Å². The van der Waals surface area contributed by atoms with Gasteiger partial charge in [-0.15, -0.1) is 17.9 Å². The number of methoxy groups -OCH3 is 1. The SMILES string of the molecule is C=CCn1c(SCCCOC)nc2sc(-c3ccccc3)cc2c1=O. The van der Waals surface area contributed by atoms with Crippen LogP contribution in [0.1, 0.15) is 6.42 Å². The smallest absolute Gasteiger partial charge is 0.263 e. The lowest BCUT2D eigenvalue weighted by molar-refractivity contribution is 0.200. The summed E-state index contributed by atoms with van der Waals surface area (Å²) in [5, 5.41) is 1.42. The molecule has 0 spiro atoms. The lowest BCUT2D eigenvalue weighted by Gasteiger charge is -2.09. The first-order valence-corrected chi connectivity index (χ1v) is 9.87. The highest BCUT2D eigenvalue weighted by Gasteiger charge is 2.14. The number of thioether (sulfide) groups is 1. The summed E-state index contributed by atoms with van der Waals surface area (Å²) in [6.45, 7) is 4.94. The van der Waals surface area contributed by atoms with Crippen LogP contribution < -0.4 is 5.56 Å². The monoisotopic (exact) mass is 372 g/mol. The van der Waals surface area contributed by atoms with Crippen LogP contribution in [0.15, 0.2) is 59.0 Å². The van der Waals surface area contributed by atoms with Crippen LogP contribution in [0.25, 0.3) is 20.7 Å². The minimum atomic E-state index is -0.00225. The molecule has 3 rings (SSSR count). The standard InChI is InChI=1S/C19H20N2O2S2/c1-3-10-21-18(22)15-13-16(14-8-5-4-6-9-14)25-17(15)20-19(21)24-12-7-11-23-2/h3-6,8-9,13H,1,7,10-12H2,2H3. The predicted octanol–water partition coefficient (Wildman–Crippen LogP) is 4.44. The van der Waals surface area contributed by atoms with E-state index in [1.54, 1.807) is 40.9 Å². The normalized spacial score (nSPS) is 11.1. The molecule has 2 heterocycles. The average molecular weight is 373 g/mol. The first-order valence-electron chi connectivity index (χ1n) is 8.07. The van der Waals surface area contributed by atoms with Gasteiger partial charge in [0.05, 0.1) is 5.39 Å². The van der Waals surface area contributed by atoms with Gasteiger partial charge in [-0.1, -0.05) is 48.2 Å². The van der Waals surface area contributed by atoms with Crippen LogP contribution >= 0.6 is 23.1 Å². The minimum absolute atomic E-state index is 0.00225. The fourth-order valence-electron chi connectivity index (χ4n) is 2.51. The van der Waals surface area contributed by atoms with Crippen LogP contribution in [0, 0.1) is 0 Å². The molecule has 0 saturated carbocycles.